The highest BCUT2D eigenvalue weighted by Gasteiger charge is 2.26. The minimum absolute atomic E-state index is 0.219. The maximum Gasteiger partial charge on any atom is 0.273 e. The number of carbonyl (C=O) groups is 1. The van der Waals surface area contributed by atoms with E-state index in [-0.39, 0.29) is 17.3 Å². The molecule has 10 heteroatoms. The molecule has 0 saturated carbocycles. The van der Waals surface area contributed by atoms with Crippen LogP contribution < -0.4 is 20.1 Å². The molecule has 2 aliphatic heterocycles. The van der Waals surface area contributed by atoms with Gasteiger partial charge in [-0.2, -0.15) is 0 Å². The Morgan fingerprint density at radius 3 is 2.73 bits per heavy atom. The topological polar surface area (TPSA) is 113 Å². The number of nitrogens with zero attached hydrogens (tertiary/aromatic N) is 5. The average Bonchev–Trinajstić information content (AvgIpc) is 2.79. The van der Waals surface area contributed by atoms with Gasteiger partial charge in [0.25, 0.3) is 5.91 Å². The summed E-state index contributed by atoms with van der Waals surface area (Å²) in [6.45, 7) is 3.26. The van der Waals surface area contributed by atoms with Crippen molar-refractivity contribution in [2.75, 3.05) is 49.4 Å². The number of carbonyl (C=O) groups excluding carboxylic acids is 1. The van der Waals surface area contributed by atoms with Crippen LogP contribution in [0.5, 0.6) is 11.6 Å². The maximum atomic E-state index is 13.3. The first-order valence-electron chi connectivity index (χ1n) is 9.68. The van der Waals surface area contributed by atoms with Gasteiger partial charge in [0.2, 0.25) is 5.88 Å². The number of nitrogens with one attached hydrogen (secondary N) is 1. The van der Waals surface area contributed by atoms with Crippen LogP contribution in [0.2, 0.25) is 0 Å². The lowest BCUT2D eigenvalue weighted by atomic mass is 10.1. The number of para-hydroxylation sites is 2. The van der Waals surface area contributed by atoms with Crippen LogP contribution in [0.1, 0.15) is 10.4 Å². The van der Waals surface area contributed by atoms with Crippen LogP contribution in [0.3, 0.4) is 0 Å². The maximum absolute atomic E-state index is 13.3. The van der Waals surface area contributed by atoms with Crippen molar-refractivity contribution in [3.05, 3.63) is 42.4 Å². The molecule has 0 aliphatic carbocycles. The van der Waals surface area contributed by atoms with Gasteiger partial charge in [-0.15, -0.1) is 0 Å². The number of anilines is 2. The van der Waals surface area contributed by atoms with Crippen molar-refractivity contribution in [1.29, 1.82) is 0 Å². The van der Waals surface area contributed by atoms with Crippen LogP contribution in [0.25, 0.3) is 11.0 Å². The van der Waals surface area contributed by atoms with Crippen LogP contribution in [0, 0.1) is 0 Å². The number of ether oxygens (including phenoxy) is 2. The molecule has 5 rings (SSSR count). The van der Waals surface area contributed by atoms with Gasteiger partial charge in [0.05, 0.1) is 36.7 Å². The van der Waals surface area contributed by atoms with Gasteiger partial charge in [-0.05, 0) is 12.1 Å². The van der Waals surface area contributed by atoms with Gasteiger partial charge in [-0.3, -0.25) is 15.2 Å². The number of hydrogen-bond donors (Lipinski definition) is 2. The molecule has 2 aliphatic rings. The Labute approximate surface area is 172 Å². The summed E-state index contributed by atoms with van der Waals surface area (Å²) in [6, 6.07) is 7.54. The molecule has 2 aromatic heterocycles. The second-order valence-corrected chi connectivity index (χ2v) is 6.92. The van der Waals surface area contributed by atoms with E-state index >= 15 is 0 Å². The first kappa shape index (κ1) is 18.4. The summed E-state index contributed by atoms with van der Waals surface area (Å²) < 4.78 is 11.1. The van der Waals surface area contributed by atoms with Gasteiger partial charge in [-0.1, -0.05) is 12.1 Å². The second-order valence-electron chi connectivity index (χ2n) is 6.92. The van der Waals surface area contributed by atoms with Crippen molar-refractivity contribution in [2.45, 2.75) is 0 Å². The molecule has 2 N–H and O–H groups in total. The normalized spacial score (nSPS) is 16.1. The Bertz CT molecular complexity index is 1100. The van der Waals surface area contributed by atoms with Gasteiger partial charge >= 0.3 is 0 Å². The molecule has 1 saturated heterocycles. The molecule has 1 amide bonds. The molecule has 4 heterocycles. The highest BCUT2D eigenvalue weighted by atomic mass is 16.5. The SMILES string of the molecule is O=C(NN1CCOc2ccccc21)c1cnc2c(O)ncnc2c1N1CCOCC1. The molecule has 1 aromatic carbocycles. The van der Waals surface area contributed by atoms with Crippen LogP contribution in [0.4, 0.5) is 11.4 Å². The quantitative estimate of drug-likeness (QED) is 0.658. The molecule has 154 valence electrons. The van der Waals surface area contributed by atoms with Crippen molar-refractivity contribution in [2.24, 2.45) is 0 Å². The highest BCUT2D eigenvalue weighted by Crippen LogP contribution is 2.33. The van der Waals surface area contributed by atoms with E-state index < -0.39 is 0 Å². The summed E-state index contributed by atoms with van der Waals surface area (Å²) in [6.07, 6.45) is 2.72. The second kappa shape index (κ2) is 7.64. The van der Waals surface area contributed by atoms with E-state index in [0.717, 1.165) is 5.69 Å². The number of amides is 1. The molecule has 0 radical (unpaired) electrons. The summed E-state index contributed by atoms with van der Waals surface area (Å²) in [4.78, 5) is 27.7. The third-order valence-electron chi connectivity index (χ3n) is 5.14. The lowest BCUT2D eigenvalue weighted by Gasteiger charge is -2.33. The predicted molar refractivity (Wildman–Crippen MR) is 109 cm³/mol. The summed E-state index contributed by atoms with van der Waals surface area (Å²) >= 11 is 0. The third kappa shape index (κ3) is 3.20. The molecule has 1 fully saturated rings. The lowest BCUT2D eigenvalue weighted by molar-refractivity contribution is 0.0943. The first-order chi connectivity index (χ1) is 14.7. The summed E-state index contributed by atoms with van der Waals surface area (Å²) in [5.74, 6) is 0.177. The third-order valence-corrected chi connectivity index (χ3v) is 5.14. The van der Waals surface area contributed by atoms with Crippen molar-refractivity contribution in [1.82, 2.24) is 20.4 Å². The number of morpholine rings is 1. The average molecular weight is 408 g/mol. The number of pyridine rings is 1. The van der Waals surface area contributed by atoms with E-state index in [0.29, 0.717) is 62.0 Å². The summed E-state index contributed by atoms with van der Waals surface area (Å²) in [7, 11) is 0. The number of benzene rings is 1. The molecular weight excluding hydrogens is 388 g/mol. The van der Waals surface area contributed by atoms with E-state index in [4.69, 9.17) is 9.47 Å². The van der Waals surface area contributed by atoms with Crippen LogP contribution in [-0.4, -0.2) is 65.4 Å². The van der Waals surface area contributed by atoms with E-state index in [1.165, 1.54) is 12.5 Å². The lowest BCUT2D eigenvalue weighted by Crippen LogP contribution is -2.47. The number of aromatic nitrogens is 3. The van der Waals surface area contributed by atoms with Crippen LogP contribution in [0.15, 0.2) is 36.8 Å². The smallest absolute Gasteiger partial charge is 0.273 e. The van der Waals surface area contributed by atoms with E-state index in [1.54, 1.807) is 5.01 Å². The molecule has 0 atom stereocenters. The first-order valence-corrected chi connectivity index (χ1v) is 9.68. The Balaban J connectivity index is 1.54. The Morgan fingerprint density at radius 1 is 1.03 bits per heavy atom. The fourth-order valence-corrected chi connectivity index (χ4v) is 3.72. The van der Waals surface area contributed by atoms with Gasteiger partial charge in [0.15, 0.2) is 5.52 Å². The zero-order chi connectivity index (χ0) is 20.5. The van der Waals surface area contributed by atoms with Gasteiger partial charge in [0.1, 0.15) is 24.2 Å². The van der Waals surface area contributed by atoms with Gasteiger partial charge in [-0.25, -0.2) is 15.0 Å². The Morgan fingerprint density at radius 2 is 1.87 bits per heavy atom. The van der Waals surface area contributed by atoms with Crippen LogP contribution >= 0.6 is 0 Å². The molecule has 0 bridgehead atoms. The highest BCUT2D eigenvalue weighted by molar-refractivity contribution is 6.07. The molecule has 10 nitrogen and oxygen atoms in total. The Hall–Kier alpha value is -3.66. The fourth-order valence-electron chi connectivity index (χ4n) is 3.72. The summed E-state index contributed by atoms with van der Waals surface area (Å²) in [5.41, 5.74) is 5.42. The number of rotatable bonds is 3. The standard InChI is InChI=1S/C20H20N6O4/c27-19(24-26-7-10-30-15-4-2-1-3-14(15)26)13-11-21-17-16(22-12-23-20(17)28)18(13)25-5-8-29-9-6-25/h1-4,11-12H,5-10H2,(H,24,27)(H,22,23,28). The molecule has 30 heavy (non-hydrogen) atoms. The fraction of sp³-hybridized carbons (Fsp3) is 0.300. The van der Waals surface area contributed by atoms with Crippen molar-refractivity contribution in [3.63, 3.8) is 0 Å². The van der Waals surface area contributed by atoms with E-state index in [1.807, 2.05) is 29.2 Å². The van der Waals surface area contributed by atoms with Crippen LogP contribution in [-0.2, 0) is 4.74 Å². The minimum Gasteiger partial charge on any atom is -0.492 e. The number of hydrazine groups is 1. The van der Waals surface area contributed by atoms with Crippen molar-refractivity contribution < 1.29 is 19.4 Å². The van der Waals surface area contributed by atoms with Crippen molar-refractivity contribution >= 4 is 28.3 Å². The van der Waals surface area contributed by atoms with Crippen molar-refractivity contribution in [3.8, 4) is 11.6 Å². The number of hydrogen-bond acceptors (Lipinski definition) is 9. The predicted octanol–water partition coefficient (Wildman–Crippen LogP) is 1.11. The zero-order valence-corrected chi connectivity index (χ0v) is 16.1. The van der Waals surface area contributed by atoms with Gasteiger partial charge < -0.3 is 19.5 Å². The summed E-state index contributed by atoms with van der Waals surface area (Å²) in [5, 5.41) is 11.9. The molecular formula is C20H20N6O4. The monoisotopic (exact) mass is 408 g/mol. The Kier molecular flexibility index (Phi) is 4.68. The zero-order valence-electron chi connectivity index (χ0n) is 16.1. The van der Waals surface area contributed by atoms with Gasteiger partial charge in [0, 0.05) is 19.3 Å². The largest absolute Gasteiger partial charge is 0.492 e. The number of aromatic hydroxyl groups is 1. The van der Waals surface area contributed by atoms with E-state index in [2.05, 4.69) is 20.4 Å². The number of fused-ring (bicyclic) bond motifs is 2. The molecule has 0 spiro atoms. The molecule has 0 unspecified atom stereocenters. The minimum atomic E-state index is -0.319. The molecule has 3 aromatic rings. The van der Waals surface area contributed by atoms with E-state index in [9.17, 15) is 9.90 Å².